The number of benzene rings is 3. The third-order valence-corrected chi connectivity index (χ3v) is 6.52. The molecule has 0 amide bonds. The maximum Gasteiger partial charge on any atom is 0.318 e. The minimum Gasteiger partial charge on any atom is -0.467 e. The van der Waals surface area contributed by atoms with Gasteiger partial charge in [-0.1, -0.05) is 37.1 Å². The van der Waals surface area contributed by atoms with E-state index in [1.54, 1.807) is 12.1 Å². The molecule has 0 radical (unpaired) electrons. The molecule has 1 fully saturated rings. The van der Waals surface area contributed by atoms with Crippen LogP contribution in [0.2, 0.25) is 0 Å². The Kier molecular flexibility index (Phi) is 5.52. The monoisotopic (exact) mass is 461 g/mol. The van der Waals surface area contributed by atoms with Gasteiger partial charge in [0.05, 0.1) is 18.2 Å². The summed E-state index contributed by atoms with van der Waals surface area (Å²) < 4.78 is 51.4. The van der Waals surface area contributed by atoms with E-state index in [0.29, 0.717) is 17.1 Å². The summed E-state index contributed by atoms with van der Waals surface area (Å²) in [4.78, 5) is 10.6. The number of nitrogens with zero attached hydrogens (tertiary/aromatic N) is 3. The molecular formula is C27H22F3N3O. The van der Waals surface area contributed by atoms with Crippen LogP contribution in [-0.4, -0.2) is 30.2 Å². The molecule has 3 aromatic carbocycles. The van der Waals surface area contributed by atoms with Gasteiger partial charge >= 0.3 is 6.01 Å². The summed E-state index contributed by atoms with van der Waals surface area (Å²) in [7, 11) is 1.40. The van der Waals surface area contributed by atoms with Crippen LogP contribution in [0, 0.1) is 35.7 Å². The van der Waals surface area contributed by atoms with Crippen LogP contribution in [0.3, 0.4) is 0 Å². The first-order valence-electron chi connectivity index (χ1n) is 11.1. The zero-order chi connectivity index (χ0) is 24.0. The number of halogens is 3. The Labute approximate surface area is 195 Å². The van der Waals surface area contributed by atoms with Crippen molar-refractivity contribution in [1.82, 2.24) is 9.97 Å². The summed E-state index contributed by atoms with van der Waals surface area (Å²) in [6.45, 7) is 3.62. The summed E-state index contributed by atoms with van der Waals surface area (Å²) in [5, 5.41) is 1.11. The first-order valence-corrected chi connectivity index (χ1v) is 11.1. The highest BCUT2D eigenvalue weighted by Gasteiger charge is 2.26. The molecule has 7 heteroatoms. The van der Waals surface area contributed by atoms with Crippen molar-refractivity contribution in [3.8, 4) is 29.5 Å². The average molecular weight is 461 g/mol. The Bertz CT molecular complexity index is 1470. The number of fused-ring (bicyclic) bond motifs is 2. The SMILES string of the molecule is C#Cc1c(F)ccc2cccc(-c3c(F)cc4c(N5CCC(C)CC5)nc(OC)nc4c3F)c12. The van der Waals surface area contributed by atoms with Crippen LogP contribution in [0.4, 0.5) is 19.0 Å². The number of piperidine rings is 1. The Balaban J connectivity index is 1.80. The second-order valence-corrected chi connectivity index (χ2v) is 8.62. The van der Waals surface area contributed by atoms with Gasteiger partial charge in [-0.05, 0) is 41.8 Å². The molecule has 0 atom stereocenters. The molecule has 34 heavy (non-hydrogen) atoms. The highest BCUT2D eigenvalue weighted by atomic mass is 19.1. The van der Waals surface area contributed by atoms with Gasteiger partial charge in [-0.25, -0.2) is 13.2 Å². The largest absolute Gasteiger partial charge is 0.467 e. The number of terminal acetylenes is 1. The first-order chi connectivity index (χ1) is 16.4. The van der Waals surface area contributed by atoms with E-state index < -0.39 is 17.5 Å². The summed E-state index contributed by atoms with van der Waals surface area (Å²) in [5.74, 6) is 1.03. The van der Waals surface area contributed by atoms with E-state index in [2.05, 4.69) is 22.8 Å². The lowest BCUT2D eigenvalue weighted by molar-refractivity contribution is 0.379. The highest BCUT2D eigenvalue weighted by molar-refractivity contribution is 6.03. The van der Waals surface area contributed by atoms with E-state index in [0.717, 1.165) is 25.9 Å². The van der Waals surface area contributed by atoms with Crippen LogP contribution in [0.1, 0.15) is 25.3 Å². The second-order valence-electron chi connectivity index (χ2n) is 8.62. The number of rotatable bonds is 3. The lowest BCUT2D eigenvalue weighted by Crippen LogP contribution is -2.33. The van der Waals surface area contributed by atoms with Gasteiger partial charge in [0.25, 0.3) is 0 Å². The smallest absolute Gasteiger partial charge is 0.318 e. The normalized spacial score (nSPS) is 14.5. The Hall–Kier alpha value is -3.79. The summed E-state index contributed by atoms with van der Waals surface area (Å²) in [5.41, 5.74) is -0.269. The van der Waals surface area contributed by atoms with Crippen LogP contribution in [0.5, 0.6) is 6.01 Å². The Morgan fingerprint density at radius 3 is 2.53 bits per heavy atom. The maximum atomic E-state index is 16.1. The maximum absolute atomic E-state index is 16.1. The summed E-state index contributed by atoms with van der Waals surface area (Å²) >= 11 is 0. The molecule has 1 aromatic heterocycles. The molecule has 172 valence electrons. The van der Waals surface area contributed by atoms with Gasteiger partial charge in [0.2, 0.25) is 0 Å². The van der Waals surface area contributed by atoms with Crippen LogP contribution in [-0.2, 0) is 0 Å². The van der Waals surface area contributed by atoms with E-state index in [9.17, 15) is 4.39 Å². The third-order valence-electron chi connectivity index (χ3n) is 6.52. The van der Waals surface area contributed by atoms with Gasteiger partial charge < -0.3 is 9.64 Å². The van der Waals surface area contributed by atoms with Crippen molar-refractivity contribution in [3.05, 3.63) is 59.4 Å². The van der Waals surface area contributed by atoms with Crippen LogP contribution in [0.25, 0.3) is 32.8 Å². The number of methoxy groups -OCH3 is 1. The molecule has 0 aliphatic carbocycles. The van der Waals surface area contributed by atoms with E-state index >= 15 is 8.78 Å². The quantitative estimate of drug-likeness (QED) is 0.346. The third kappa shape index (κ3) is 3.50. The minimum absolute atomic E-state index is 0.00846. The van der Waals surface area contributed by atoms with Gasteiger partial charge in [0.15, 0.2) is 5.82 Å². The molecular weight excluding hydrogens is 439 g/mol. The van der Waals surface area contributed by atoms with Gasteiger partial charge in [-0.3, -0.25) is 0 Å². The molecule has 0 N–H and O–H groups in total. The summed E-state index contributed by atoms with van der Waals surface area (Å²) in [6, 6.07) is 8.92. The average Bonchev–Trinajstić information content (AvgIpc) is 2.84. The van der Waals surface area contributed by atoms with Crippen molar-refractivity contribution < 1.29 is 17.9 Å². The fraction of sp³-hybridized carbons (Fsp3) is 0.259. The van der Waals surface area contributed by atoms with Crippen molar-refractivity contribution in [2.75, 3.05) is 25.1 Å². The second kappa shape index (κ2) is 8.53. The van der Waals surface area contributed by atoms with Crippen LogP contribution >= 0.6 is 0 Å². The number of ether oxygens (including phenoxy) is 1. The molecule has 0 unspecified atom stereocenters. The van der Waals surface area contributed by atoms with Crippen molar-refractivity contribution in [1.29, 1.82) is 0 Å². The van der Waals surface area contributed by atoms with Gasteiger partial charge in [0, 0.05) is 23.9 Å². The molecule has 0 saturated carbocycles. The molecule has 0 spiro atoms. The van der Waals surface area contributed by atoms with Crippen molar-refractivity contribution >= 4 is 27.5 Å². The predicted octanol–water partition coefficient (Wildman–Crippen LogP) is 6.09. The number of anilines is 1. The van der Waals surface area contributed by atoms with E-state index in [1.165, 1.54) is 31.4 Å². The fourth-order valence-electron chi connectivity index (χ4n) is 4.66. The highest BCUT2D eigenvalue weighted by Crippen LogP contribution is 2.40. The molecule has 2 heterocycles. The summed E-state index contributed by atoms with van der Waals surface area (Å²) in [6.07, 6.45) is 7.46. The fourth-order valence-corrected chi connectivity index (χ4v) is 4.66. The molecule has 1 aliphatic rings. The lowest BCUT2D eigenvalue weighted by Gasteiger charge is -2.32. The molecule has 4 aromatic rings. The molecule has 1 saturated heterocycles. The Morgan fingerprint density at radius 1 is 1.06 bits per heavy atom. The van der Waals surface area contributed by atoms with Crippen molar-refractivity contribution in [2.24, 2.45) is 5.92 Å². The van der Waals surface area contributed by atoms with Gasteiger partial charge in [-0.2, -0.15) is 9.97 Å². The zero-order valence-corrected chi connectivity index (χ0v) is 18.8. The lowest BCUT2D eigenvalue weighted by atomic mass is 9.93. The molecule has 4 nitrogen and oxygen atoms in total. The number of aromatic nitrogens is 2. The van der Waals surface area contributed by atoms with Crippen LogP contribution < -0.4 is 9.64 Å². The molecule has 5 rings (SSSR count). The Morgan fingerprint density at radius 2 is 1.82 bits per heavy atom. The van der Waals surface area contributed by atoms with Crippen molar-refractivity contribution in [2.45, 2.75) is 19.8 Å². The molecule has 1 aliphatic heterocycles. The van der Waals surface area contributed by atoms with Crippen LogP contribution in [0.15, 0.2) is 36.4 Å². The van der Waals surface area contributed by atoms with Crippen molar-refractivity contribution in [3.63, 3.8) is 0 Å². The standard InChI is InChI=1S/C27H22F3N3O/c1-4-17-20(28)9-8-16-6-5-7-18(22(16)17)23-21(29)14-19-25(24(23)30)31-27(34-3)32-26(19)33-12-10-15(2)11-13-33/h1,5-9,14-15H,10-13H2,2-3H3. The predicted molar refractivity (Wildman–Crippen MR) is 127 cm³/mol. The molecule has 0 bridgehead atoms. The number of hydrogen-bond donors (Lipinski definition) is 0. The van der Waals surface area contributed by atoms with E-state index in [1.807, 2.05) is 4.90 Å². The zero-order valence-electron chi connectivity index (χ0n) is 18.8. The van der Waals surface area contributed by atoms with Gasteiger partial charge in [0.1, 0.15) is 23.0 Å². The topological polar surface area (TPSA) is 38.2 Å². The first kappa shape index (κ1) is 22.0. The minimum atomic E-state index is -0.873. The number of hydrogen-bond acceptors (Lipinski definition) is 4. The van der Waals surface area contributed by atoms with E-state index in [4.69, 9.17) is 11.2 Å². The van der Waals surface area contributed by atoms with Gasteiger partial charge in [-0.15, -0.1) is 6.42 Å². The van der Waals surface area contributed by atoms with E-state index in [-0.39, 0.29) is 39.0 Å².